The Bertz CT molecular complexity index is 315. The van der Waals surface area contributed by atoms with Gasteiger partial charge in [-0.05, 0) is 29.3 Å². The van der Waals surface area contributed by atoms with Crippen molar-refractivity contribution >= 4 is 16.7 Å². The third-order valence-corrected chi connectivity index (χ3v) is 5.19. The molecule has 0 bridgehead atoms. The monoisotopic (exact) mass is 221 g/mol. The molecule has 15 heavy (non-hydrogen) atoms. The zero-order chi connectivity index (χ0) is 10.5. The Kier molecular flexibility index (Phi) is 3.84. The second-order valence-corrected chi connectivity index (χ2v) is 6.40. The maximum atomic E-state index is 11.8. The topological polar surface area (TPSA) is 17.1 Å². The molecule has 2 rings (SSSR count). The molecule has 0 aromatic heterocycles. The van der Waals surface area contributed by atoms with Crippen LogP contribution in [0.4, 0.5) is 0 Å². The largest absolute Gasteiger partial charge is 0.294 e. The zero-order valence-corrected chi connectivity index (χ0v) is 9.76. The normalized spacial score (nSPS) is 16.8. The molecule has 1 aliphatic heterocycles. The fourth-order valence-corrected chi connectivity index (χ4v) is 4.24. The Morgan fingerprint density at radius 1 is 1.13 bits per heavy atom. The van der Waals surface area contributed by atoms with E-state index in [1.165, 1.54) is 24.3 Å². The number of Topliss-reactive ketones (excluding diaryl/α,β-unsaturated/α-hetero) is 1. The predicted octanol–water partition coefficient (Wildman–Crippen LogP) is 2.21. The SMILES string of the molecule is O=C(Cc1ccccc1)C[S+]1CCCC1. The van der Waals surface area contributed by atoms with Gasteiger partial charge in [-0.3, -0.25) is 4.79 Å². The fraction of sp³-hybridized carbons (Fsp3) is 0.462. The molecule has 1 fully saturated rings. The molecule has 1 aromatic carbocycles. The van der Waals surface area contributed by atoms with Gasteiger partial charge in [0.05, 0.1) is 0 Å². The number of hydrogen-bond donors (Lipinski definition) is 0. The van der Waals surface area contributed by atoms with E-state index in [2.05, 4.69) is 0 Å². The van der Waals surface area contributed by atoms with Crippen molar-refractivity contribution in [2.75, 3.05) is 17.3 Å². The van der Waals surface area contributed by atoms with Crippen molar-refractivity contribution in [3.05, 3.63) is 35.9 Å². The van der Waals surface area contributed by atoms with Crippen LogP contribution in [0.3, 0.4) is 0 Å². The first-order valence-electron chi connectivity index (χ1n) is 5.54. The molecular formula is C13H17OS+. The van der Waals surface area contributed by atoms with Gasteiger partial charge in [0, 0.05) is 6.42 Å². The van der Waals surface area contributed by atoms with Crippen molar-refractivity contribution in [3.8, 4) is 0 Å². The van der Waals surface area contributed by atoms with Crippen LogP contribution < -0.4 is 0 Å². The summed E-state index contributed by atoms with van der Waals surface area (Å²) in [5.74, 6) is 3.84. The molecule has 0 saturated carbocycles. The highest BCUT2D eigenvalue weighted by Crippen LogP contribution is 2.14. The van der Waals surface area contributed by atoms with E-state index < -0.39 is 0 Å². The van der Waals surface area contributed by atoms with Crippen LogP contribution in [0.1, 0.15) is 18.4 Å². The fourth-order valence-electron chi connectivity index (χ4n) is 1.96. The van der Waals surface area contributed by atoms with Crippen molar-refractivity contribution in [2.45, 2.75) is 19.3 Å². The van der Waals surface area contributed by atoms with Crippen LogP contribution in [0.15, 0.2) is 30.3 Å². The lowest BCUT2D eigenvalue weighted by atomic mass is 10.1. The first-order chi connectivity index (χ1) is 7.34. The van der Waals surface area contributed by atoms with Gasteiger partial charge in [-0.25, -0.2) is 0 Å². The third kappa shape index (κ3) is 3.38. The van der Waals surface area contributed by atoms with Crippen LogP contribution in [0.25, 0.3) is 0 Å². The van der Waals surface area contributed by atoms with Crippen molar-refractivity contribution in [3.63, 3.8) is 0 Å². The summed E-state index contributed by atoms with van der Waals surface area (Å²) < 4.78 is 0. The Hall–Kier alpha value is -0.760. The van der Waals surface area contributed by atoms with E-state index in [9.17, 15) is 4.79 Å². The first-order valence-corrected chi connectivity index (χ1v) is 7.27. The summed E-state index contributed by atoms with van der Waals surface area (Å²) in [4.78, 5) is 11.8. The lowest BCUT2D eigenvalue weighted by Gasteiger charge is -2.01. The van der Waals surface area contributed by atoms with Crippen molar-refractivity contribution in [1.82, 2.24) is 0 Å². The van der Waals surface area contributed by atoms with Gasteiger partial charge < -0.3 is 0 Å². The second-order valence-electron chi connectivity index (χ2n) is 4.07. The second kappa shape index (κ2) is 5.36. The van der Waals surface area contributed by atoms with Gasteiger partial charge in [-0.2, -0.15) is 0 Å². The summed E-state index contributed by atoms with van der Waals surface area (Å²) in [6, 6.07) is 10.1. The summed E-state index contributed by atoms with van der Waals surface area (Å²) in [6.07, 6.45) is 3.30. The minimum absolute atomic E-state index is 0.419. The number of carbonyl (C=O) groups excluding carboxylic acids is 1. The van der Waals surface area contributed by atoms with Crippen LogP contribution >= 0.6 is 0 Å². The van der Waals surface area contributed by atoms with Crippen molar-refractivity contribution < 1.29 is 4.79 Å². The van der Waals surface area contributed by atoms with Crippen LogP contribution in [0.5, 0.6) is 0 Å². The molecule has 1 nitrogen and oxygen atoms in total. The van der Waals surface area contributed by atoms with Gasteiger partial charge in [0.1, 0.15) is 11.5 Å². The average molecular weight is 221 g/mol. The lowest BCUT2D eigenvalue weighted by Crippen LogP contribution is -2.19. The van der Waals surface area contributed by atoms with E-state index in [4.69, 9.17) is 0 Å². The summed E-state index contributed by atoms with van der Waals surface area (Å²) >= 11 is 0. The van der Waals surface area contributed by atoms with Crippen LogP contribution in [-0.2, 0) is 22.1 Å². The van der Waals surface area contributed by atoms with Crippen molar-refractivity contribution in [1.29, 1.82) is 0 Å². The molecule has 2 heteroatoms. The molecule has 80 valence electrons. The maximum Gasteiger partial charge on any atom is 0.186 e. The molecule has 0 spiro atoms. The Morgan fingerprint density at radius 2 is 1.80 bits per heavy atom. The summed E-state index contributed by atoms with van der Waals surface area (Å²) in [6.45, 7) is 0. The van der Waals surface area contributed by atoms with E-state index in [0.29, 0.717) is 23.1 Å². The lowest BCUT2D eigenvalue weighted by molar-refractivity contribution is -0.116. The molecule has 0 N–H and O–H groups in total. The number of carbonyl (C=O) groups is 1. The Labute approximate surface area is 94.2 Å². The van der Waals surface area contributed by atoms with Gasteiger partial charge >= 0.3 is 0 Å². The Balaban J connectivity index is 1.82. The molecule has 0 atom stereocenters. The molecule has 1 aromatic rings. The van der Waals surface area contributed by atoms with E-state index in [-0.39, 0.29) is 0 Å². The average Bonchev–Trinajstić information content (AvgIpc) is 2.71. The number of hydrogen-bond acceptors (Lipinski definition) is 1. The molecule has 1 saturated heterocycles. The first kappa shape index (κ1) is 10.7. The molecule has 1 heterocycles. The van der Waals surface area contributed by atoms with E-state index >= 15 is 0 Å². The summed E-state index contributed by atoms with van der Waals surface area (Å²) in [5.41, 5.74) is 1.16. The molecule has 0 unspecified atom stereocenters. The van der Waals surface area contributed by atoms with Crippen LogP contribution in [0, 0.1) is 0 Å². The minimum Gasteiger partial charge on any atom is -0.294 e. The van der Waals surface area contributed by atoms with E-state index in [0.717, 1.165) is 11.3 Å². The van der Waals surface area contributed by atoms with E-state index in [1.54, 1.807) is 0 Å². The Morgan fingerprint density at radius 3 is 2.47 bits per heavy atom. The van der Waals surface area contributed by atoms with Gasteiger partial charge in [0.15, 0.2) is 11.5 Å². The van der Waals surface area contributed by atoms with E-state index in [1.807, 2.05) is 30.3 Å². The number of rotatable bonds is 4. The molecule has 0 radical (unpaired) electrons. The number of benzene rings is 1. The van der Waals surface area contributed by atoms with Gasteiger partial charge in [0.25, 0.3) is 0 Å². The number of ketones is 1. The highest BCUT2D eigenvalue weighted by molar-refractivity contribution is 7.97. The standard InChI is InChI=1S/C13H17OS/c14-13(11-15-8-4-5-9-15)10-12-6-2-1-3-7-12/h1-3,6-7H,4-5,8-11H2/q+1. The minimum atomic E-state index is 0.419. The molecule has 1 aliphatic rings. The molecular weight excluding hydrogens is 204 g/mol. The highest BCUT2D eigenvalue weighted by atomic mass is 32.2. The van der Waals surface area contributed by atoms with Crippen LogP contribution in [-0.4, -0.2) is 23.0 Å². The van der Waals surface area contributed by atoms with Crippen LogP contribution in [0.2, 0.25) is 0 Å². The quantitative estimate of drug-likeness (QED) is 0.712. The summed E-state index contributed by atoms with van der Waals surface area (Å²) in [7, 11) is 0.419. The highest BCUT2D eigenvalue weighted by Gasteiger charge is 2.26. The smallest absolute Gasteiger partial charge is 0.186 e. The van der Waals surface area contributed by atoms with Gasteiger partial charge in [0.2, 0.25) is 0 Å². The maximum absolute atomic E-state index is 11.8. The third-order valence-electron chi connectivity index (χ3n) is 2.73. The van der Waals surface area contributed by atoms with Gasteiger partial charge in [-0.1, -0.05) is 30.3 Å². The molecule has 0 amide bonds. The molecule has 0 aliphatic carbocycles. The zero-order valence-electron chi connectivity index (χ0n) is 8.95. The van der Waals surface area contributed by atoms with Crippen molar-refractivity contribution in [2.24, 2.45) is 0 Å². The summed E-state index contributed by atoms with van der Waals surface area (Å²) in [5, 5.41) is 0. The van der Waals surface area contributed by atoms with Gasteiger partial charge in [-0.15, -0.1) is 0 Å². The predicted molar refractivity (Wildman–Crippen MR) is 66.4 cm³/mol.